The number of thiophene rings is 1. The van der Waals surface area contributed by atoms with Crippen LogP contribution in [-0.2, 0) is 4.79 Å². The van der Waals surface area contributed by atoms with Gasteiger partial charge in [-0.05, 0) is 42.2 Å². The van der Waals surface area contributed by atoms with E-state index in [1.54, 1.807) is 11.3 Å². The Morgan fingerprint density at radius 3 is 3.13 bits per heavy atom. The molecule has 1 aliphatic rings. The average molecular weight is 224 g/mol. The summed E-state index contributed by atoms with van der Waals surface area (Å²) in [4.78, 5) is 13.8. The van der Waals surface area contributed by atoms with E-state index in [-0.39, 0.29) is 18.0 Å². The molecule has 2 N–H and O–H groups in total. The molecular weight excluding hydrogens is 208 g/mol. The molecule has 4 heteroatoms. The van der Waals surface area contributed by atoms with Gasteiger partial charge in [0.2, 0.25) is 5.91 Å². The van der Waals surface area contributed by atoms with E-state index in [1.807, 2.05) is 10.3 Å². The van der Waals surface area contributed by atoms with Gasteiger partial charge in [-0.15, -0.1) is 0 Å². The maximum Gasteiger partial charge on any atom is 0.239 e. The molecule has 2 heterocycles. The van der Waals surface area contributed by atoms with Crippen LogP contribution < -0.4 is 5.73 Å². The molecule has 0 radical (unpaired) electrons. The number of likely N-dealkylation sites (tertiary alicyclic amines) is 1. The molecule has 2 atom stereocenters. The van der Waals surface area contributed by atoms with Crippen LogP contribution in [0.3, 0.4) is 0 Å². The Morgan fingerprint density at radius 1 is 1.67 bits per heavy atom. The molecule has 2 rings (SSSR count). The maximum absolute atomic E-state index is 11.9. The SMILES string of the molecule is CC(c1ccsc1)N1CCCC(N)C1=O. The first-order valence-corrected chi connectivity index (χ1v) is 6.22. The summed E-state index contributed by atoms with van der Waals surface area (Å²) in [5, 5.41) is 4.14. The quantitative estimate of drug-likeness (QED) is 0.832. The number of carbonyl (C=O) groups excluding carboxylic acids is 1. The number of hydrogen-bond donors (Lipinski definition) is 1. The zero-order valence-corrected chi connectivity index (χ0v) is 9.67. The predicted octanol–water partition coefficient (Wildman–Crippen LogP) is 1.76. The molecule has 2 unspecified atom stereocenters. The van der Waals surface area contributed by atoms with E-state index >= 15 is 0 Å². The molecule has 15 heavy (non-hydrogen) atoms. The number of rotatable bonds is 2. The van der Waals surface area contributed by atoms with Gasteiger partial charge in [-0.2, -0.15) is 11.3 Å². The fourth-order valence-electron chi connectivity index (χ4n) is 2.01. The summed E-state index contributed by atoms with van der Waals surface area (Å²) in [7, 11) is 0. The molecule has 82 valence electrons. The second-order valence-corrected chi connectivity index (χ2v) is 4.79. The first-order chi connectivity index (χ1) is 7.20. The standard InChI is InChI=1S/C11H16N2OS/c1-8(9-4-6-15-7-9)13-5-2-3-10(12)11(13)14/h4,6-8,10H,2-3,5,12H2,1H3. The molecule has 0 aromatic carbocycles. The smallest absolute Gasteiger partial charge is 0.239 e. The maximum atomic E-state index is 11.9. The molecule has 1 aromatic heterocycles. The van der Waals surface area contributed by atoms with Crippen molar-refractivity contribution in [2.24, 2.45) is 5.73 Å². The van der Waals surface area contributed by atoms with Gasteiger partial charge < -0.3 is 10.6 Å². The van der Waals surface area contributed by atoms with Gasteiger partial charge in [0, 0.05) is 6.54 Å². The van der Waals surface area contributed by atoms with Crippen molar-refractivity contribution >= 4 is 17.2 Å². The summed E-state index contributed by atoms with van der Waals surface area (Å²) in [6.07, 6.45) is 1.84. The van der Waals surface area contributed by atoms with Crippen molar-refractivity contribution in [3.05, 3.63) is 22.4 Å². The Balaban J connectivity index is 2.13. The second kappa shape index (κ2) is 4.33. The Hall–Kier alpha value is -0.870. The van der Waals surface area contributed by atoms with Crippen molar-refractivity contribution in [2.75, 3.05) is 6.54 Å². The molecule has 1 fully saturated rings. The zero-order chi connectivity index (χ0) is 10.8. The minimum absolute atomic E-state index is 0.0972. The van der Waals surface area contributed by atoms with Crippen LogP contribution in [0.2, 0.25) is 0 Å². The van der Waals surface area contributed by atoms with Crippen molar-refractivity contribution in [1.82, 2.24) is 4.90 Å². The highest BCUT2D eigenvalue weighted by molar-refractivity contribution is 7.07. The van der Waals surface area contributed by atoms with Gasteiger partial charge in [0.05, 0.1) is 12.1 Å². The molecular formula is C11H16N2OS. The third kappa shape index (κ3) is 2.06. The fourth-order valence-corrected chi connectivity index (χ4v) is 2.75. The Morgan fingerprint density at radius 2 is 2.47 bits per heavy atom. The van der Waals surface area contributed by atoms with E-state index in [2.05, 4.69) is 18.4 Å². The summed E-state index contributed by atoms with van der Waals surface area (Å²) in [6.45, 7) is 2.90. The minimum Gasteiger partial charge on any atom is -0.335 e. The van der Waals surface area contributed by atoms with Crippen LogP contribution in [0.1, 0.15) is 31.4 Å². The number of amides is 1. The summed E-state index contributed by atoms with van der Waals surface area (Å²) < 4.78 is 0. The van der Waals surface area contributed by atoms with Crippen LogP contribution in [0.25, 0.3) is 0 Å². The summed E-state index contributed by atoms with van der Waals surface area (Å²) in [6, 6.07) is 1.94. The van der Waals surface area contributed by atoms with Crippen molar-refractivity contribution in [3.8, 4) is 0 Å². The third-order valence-electron chi connectivity index (χ3n) is 3.01. The lowest BCUT2D eigenvalue weighted by Crippen LogP contribution is -2.49. The number of nitrogens with zero attached hydrogens (tertiary/aromatic N) is 1. The van der Waals surface area contributed by atoms with Gasteiger partial charge in [0.15, 0.2) is 0 Å². The normalized spacial score (nSPS) is 24.3. The van der Waals surface area contributed by atoms with Crippen LogP contribution >= 0.6 is 11.3 Å². The highest BCUT2D eigenvalue weighted by Crippen LogP contribution is 2.25. The van der Waals surface area contributed by atoms with E-state index in [9.17, 15) is 4.79 Å². The van der Waals surface area contributed by atoms with E-state index in [4.69, 9.17) is 5.73 Å². The molecule has 3 nitrogen and oxygen atoms in total. The lowest BCUT2D eigenvalue weighted by molar-refractivity contribution is -0.137. The molecule has 1 aromatic rings. The number of carbonyl (C=O) groups is 1. The lowest BCUT2D eigenvalue weighted by atomic mass is 10.0. The predicted molar refractivity (Wildman–Crippen MR) is 61.7 cm³/mol. The van der Waals surface area contributed by atoms with Crippen molar-refractivity contribution in [3.63, 3.8) is 0 Å². The van der Waals surface area contributed by atoms with Crippen LogP contribution in [-0.4, -0.2) is 23.4 Å². The van der Waals surface area contributed by atoms with E-state index in [1.165, 1.54) is 5.56 Å². The van der Waals surface area contributed by atoms with Gasteiger partial charge in [-0.3, -0.25) is 4.79 Å². The van der Waals surface area contributed by atoms with Gasteiger partial charge >= 0.3 is 0 Å². The van der Waals surface area contributed by atoms with E-state index in [0.29, 0.717) is 0 Å². The lowest BCUT2D eigenvalue weighted by Gasteiger charge is -2.35. The molecule has 1 aliphatic heterocycles. The second-order valence-electron chi connectivity index (χ2n) is 4.01. The first kappa shape index (κ1) is 10.6. The minimum atomic E-state index is -0.292. The number of piperidine rings is 1. The van der Waals surface area contributed by atoms with Gasteiger partial charge in [0.25, 0.3) is 0 Å². The van der Waals surface area contributed by atoms with Gasteiger partial charge in [-0.1, -0.05) is 0 Å². The van der Waals surface area contributed by atoms with Gasteiger partial charge in [-0.25, -0.2) is 0 Å². The molecule has 1 saturated heterocycles. The highest BCUT2D eigenvalue weighted by Gasteiger charge is 2.29. The highest BCUT2D eigenvalue weighted by atomic mass is 32.1. The zero-order valence-electron chi connectivity index (χ0n) is 8.85. The Kier molecular flexibility index (Phi) is 3.07. The molecule has 0 saturated carbocycles. The molecule has 0 bridgehead atoms. The average Bonchev–Trinajstić information content (AvgIpc) is 2.74. The summed E-state index contributed by atoms with van der Waals surface area (Å²) in [5.74, 6) is 0.0972. The third-order valence-corrected chi connectivity index (χ3v) is 3.71. The molecule has 1 amide bonds. The Labute approximate surface area is 93.9 Å². The largest absolute Gasteiger partial charge is 0.335 e. The Bertz CT molecular complexity index is 336. The number of nitrogens with two attached hydrogens (primary N) is 1. The summed E-state index contributed by atoms with van der Waals surface area (Å²) in [5.41, 5.74) is 6.98. The van der Waals surface area contributed by atoms with E-state index < -0.39 is 0 Å². The van der Waals surface area contributed by atoms with Gasteiger partial charge in [0.1, 0.15) is 0 Å². The fraction of sp³-hybridized carbons (Fsp3) is 0.545. The summed E-state index contributed by atoms with van der Waals surface area (Å²) >= 11 is 1.66. The first-order valence-electron chi connectivity index (χ1n) is 5.28. The molecule has 0 spiro atoms. The van der Waals surface area contributed by atoms with E-state index in [0.717, 1.165) is 19.4 Å². The van der Waals surface area contributed by atoms with Crippen molar-refractivity contribution in [1.29, 1.82) is 0 Å². The van der Waals surface area contributed by atoms with Crippen LogP contribution in [0.4, 0.5) is 0 Å². The monoisotopic (exact) mass is 224 g/mol. The molecule has 0 aliphatic carbocycles. The number of hydrogen-bond acceptors (Lipinski definition) is 3. The van der Waals surface area contributed by atoms with Crippen molar-refractivity contribution < 1.29 is 4.79 Å². The van der Waals surface area contributed by atoms with Crippen LogP contribution in [0.5, 0.6) is 0 Å². The topological polar surface area (TPSA) is 46.3 Å². The van der Waals surface area contributed by atoms with Crippen LogP contribution in [0.15, 0.2) is 16.8 Å². The van der Waals surface area contributed by atoms with Crippen LogP contribution in [0, 0.1) is 0 Å². The van der Waals surface area contributed by atoms with Crippen molar-refractivity contribution in [2.45, 2.75) is 31.8 Å².